The highest BCUT2D eigenvalue weighted by Gasteiger charge is 2.21. The van der Waals surface area contributed by atoms with Crippen LogP contribution in [0.3, 0.4) is 0 Å². The first-order chi connectivity index (χ1) is 28.2. The van der Waals surface area contributed by atoms with E-state index in [9.17, 15) is 0 Å². The second kappa shape index (κ2) is 12.3. The van der Waals surface area contributed by atoms with Gasteiger partial charge in [0.15, 0.2) is 17.5 Å². The molecule has 0 spiro atoms. The topological polar surface area (TPSA) is 69.9 Å². The van der Waals surface area contributed by atoms with Crippen LogP contribution < -0.4 is 0 Å². The molecule has 6 nitrogen and oxygen atoms in total. The Kier molecular flexibility index (Phi) is 6.83. The van der Waals surface area contributed by atoms with Crippen molar-refractivity contribution < 1.29 is 8.83 Å². The summed E-state index contributed by atoms with van der Waals surface area (Å²) in [5, 5.41) is 6.53. The van der Waals surface area contributed by atoms with Gasteiger partial charge in [-0.15, -0.1) is 0 Å². The molecule has 0 bridgehead atoms. The van der Waals surface area contributed by atoms with Crippen LogP contribution in [0.15, 0.2) is 191 Å². The van der Waals surface area contributed by atoms with Crippen molar-refractivity contribution in [1.29, 1.82) is 0 Å². The van der Waals surface area contributed by atoms with Crippen LogP contribution >= 0.6 is 0 Å². The van der Waals surface area contributed by atoms with E-state index in [-0.39, 0.29) is 0 Å². The van der Waals surface area contributed by atoms with E-state index in [4.69, 9.17) is 23.8 Å². The summed E-state index contributed by atoms with van der Waals surface area (Å²) in [4.78, 5) is 15.4. The predicted molar refractivity (Wildman–Crippen MR) is 230 cm³/mol. The number of rotatable bonds is 5. The molecule has 57 heavy (non-hydrogen) atoms. The zero-order valence-corrected chi connectivity index (χ0v) is 30.4. The van der Waals surface area contributed by atoms with Crippen molar-refractivity contribution in [2.75, 3.05) is 0 Å². The molecule has 0 aliphatic rings. The second-order valence-electron chi connectivity index (χ2n) is 14.4. The summed E-state index contributed by atoms with van der Waals surface area (Å²) in [7, 11) is 0. The number of aromatic nitrogens is 4. The normalized spacial score (nSPS) is 11.9. The van der Waals surface area contributed by atoms with E-state index in [2.05, 4.69) is 144 Å². The largest absolute Gasteiger partial charge is 0.456 e. The van der Waals surface area contributed by atoms with Crippen molar-refractivity contribution in [1.82, 2.24) is 19.5 Å². The molecule has 4 heterocycles. The molecule has 0 amide bonds. The predicted octanol–water partition coefficient (Wildman–Crippen LogP) is 13.4. The van der Waals surface area contributed by atoms with Crippen molar-refractivity contribution in [2.24, 2.45) is 0 Å². The molecule has 8 aromatic carbocycles. The molecule has 0 saturated carbocycles. The standard InChI is InChI=1S/C51H30N4O2/c1-3-11-31(12-4-1)32-19-21-33(22-20-32)49-52-50(54-51(53-49)35-23-25-39-38-16-8-10-18-43(38)57-46(39)30-35)34-24-27-44-41(29-34)47-45(56-44)28-26-40-37-15-7-9-17-42(37)55(48(40)47)36-13-5-2-6-14-36/h1-30H. The summed E-state index contributed by atoms with van der Waals surface area (Å²) in [6.07, 6.45) is 0. The van der Waals surface area contributed by atoms with E-state index in [0.29, 0.717) is 17.5 Å². The number of nitrogens with zero attached hydrogens (tertiary/aromatic N) is 4. The Hall–Kier alpha value is -7.83. The second-order valence-corrected chi connectivity index (χ2v) is 14.4. The third-order valence-electron chi connectivity index (χ3n) is 11.1. The van der Waals surface area contributed by atoms with Crippen molar-refractivity contribution in [3.05, 3.63) is 182 Å². The fourth-order valence-electron chi connectivity index (χ4n) is 8.37. The Morgan fingerprint density at radius 2 is 0.860 bits per heavy atom. The summed E-state index contributed by atoms with van der Waals surface area (Å²) in [6.45, 7) is 0. The molecule has 12 aromatic rings. The van der Waals surface area contributed by atoms with Gasteiger partial charge in [-0.1, -0.05) is 115 Å². The SMILES string of the molecule is c1ccc(-c2ccc(-c3nc(-c4ccc5c(c4)oc4ccccc45)nc(-c4ccc5oc6ccc7c8ccccc8n(-c8ccccc8)c7c6c5c4)n3)cc2)cc1. The van der Waals surface area contributed by atoms with E-state index in [1.54, 1.807) is 0 Å². The van der Waals surface area contributed by atoms with Gasteiger partial charge >= 0.3 is 0 Å². The molecular weight excluding hydrogens is 701 g/mol. The van der Waals surface area contributed by atoms with Gasteiger partial charge in [-0.2, -0.15) is 0 Å². The average molecular weight is 731 g/mol. The number of hydrogen-bond donors (Lipinski definition) is 0. The highest BCUT2D eigenvalue weighted by molar-refractivity contribution is 6.24. The molecule has 0 unspecified atom stereocenters. The summed E-state index contributed by atoms with van der Waals surface area (Å²) in [6, 6.07) is 62.7. The van der Waals surface area contributed by atoms with Gasteiger partial charge in [-0.3, -0.25) is 0 Å². The van der Waals surface area contributed by atoms with Gasteiger partial charge in [0.2, 0.25) is 0 Å². The minimum absolute atomic E-state index is 0.563. The Morgan fingerprint density at radius 1 is 0.333 bits per heavy atom. The molecule has 0 atom stereocenters. The van der Waals surface area contributed by atoms with E-state index < -0.39 is 0 Å². The first kappa shape index (κ1) is 31.5. The lowest BCUT2D eigenvalue weighted by atomic mass is 10.0. The van der Waals surface area contributed by atoms with Crippen LogP contribution in [0, 0.1) is 0 Å². The third-order valence-corrected chi connectivity index (χ3v) is 11.1. The summed E-state index contributed by atoms with van der Waals surface area (Å²) in [5.41, 5.74) is 11.5. The molecule has 4 aromatic heterocycles. The Balaban J connectivity index is 1.08. The number of benzene rings is 8. The molecule has 0 aliphatic heterocycles. The van der Waals surface area contributed by atoms with E-state index in [1.807, 2.05) is 42.5 Å². The fraction of sp³-hybridized carbons (Fsp3) is 0. The van der Waals surface area contributed by atoms with Crippen molar-refractivity contribution in [3.63, 3.8) is 0 Å². The van der Waals surface area contributed by atoms with E-state index in [1.165, 1.54) is 10.8 Å². The quantitative estimate of drug-likeness (QED) is 0.176. The fourth-order valence-corrected chi connectivity index (χ4v) is 8.37. The first-order valence-electron chi connectivity index (χ1n) is 19.0. The Bertz CT molecular complexity index is 3510. The lowest BCUT2D eigenvalue weighted by molar-refractivity contribution is 0.668. The summed E-state index contributed by atoms with van der Waals surface area (Å²) >= 11 is 0. The van der Waals surface area contributed by atoms with Crippen LogP contribution in [0.5, 0.6) is 0 Å². The minimum atomic E-state index is 0.563. The zero-order valence-electron chi connectivity index (χ0n) is 30.4. The highest BCUT2D eigenvalue weighted by Crippen LogP contribution is 2.42. The molecule has 0 saturated heterocycles. The van der Waals surface area contributed by atoms with Gasteiger partial charge in [0.25, 0.3) is 0 Å². The molecule has 0 radical (unpaired) electrons. The first-order valence-corrected chi connectivity index (χ1v) is 19.0. The number of para-hydroxylation sites is 3. The number of hydrogen-bond acceptors (Lipinski definition) is 5. The average Bonchev–Trinajstić information content (AvgIpc) is 3.96. The molecule has 12 rings (SSSR count). The van der Waals surface area contributed by atoms with Crippen LogP contribution in [0.1, 0.15) is 0 Å². The Labute approximate surface area is 325 Å². The molecule has 0 fully saturated rings. The van der Waals surface area contributed by atoms with Crippen LogP contribution in [-0.4, -0.2) is 19.5 Å². The van der Waals surface area contributed by atoms with E-state index >= 15 is 0 Å². The molecule has 0 aliphatic carbocycles. The van der Waals surface area contributed by atoms with Gasteiger partial charge in [0.1, 0.15) is 22.3 Å². The maximum atomic E-state index is 6.56. The molecule has 0 N–H and O–H groups in total. The molecule has 266 valence electrons. The summed E-state index contributed by atoms with van der Waals surface area (Å²) < 4.78 is 15.2. The molecule has 6 heteroatoms. The maximum Gasteiger partial charge on any atom is 0.164 e. The van der Waals surface area contributed by atoms with Gasteiger partial charge in [-0.25, -0.2) is 15.0 Å². The van der Waals surface area contributed by atoms with Crippen LogP contribution in [0.4, 0.5) is 0 Å². The number of fused-ring (bicyclic) bond motifs is 10. The highest BCUT2D eigenvalue weighted by atomic mass is 16.3. The van der Waals surface area contributed by atoms with Gasteiger partial charge in [-0.05, 0) is 77.9 Å². The smallest absolute Gasteiger partial charge is 0.164 e. The van der Waals surface area contributed by atoms with Gasteiger partial charge < -0.3 is 13.4 Å². The van der Waals surface area contributed by atoms with Crippen LogP contribution in [0.25, 0.3) is 117 Å². The van der Waals surface area contributed by atoms with Crippen LogP contribution in [-0.2, 0) is 0 Å². The maximum absolute atomic E-state index is 6.56. The third kappa shape index (κ3) is 5.01. The molecular formula is C51H30N4O2. The van der Waals surface area contributed by atoms with Crippen molar-refractivity contribution in [2.45, 2.75) is 0 Å². The lowest BCUT2D eigenvalue weighted by Gasteiger charge is -2.10. The zero-order chi connectivity index (χ0) is 37.5. The van der Waals surface area contributed by atoms with Gasteiger partial charge in [0.05, 0.1) is 16.4 Å². The van der Waals surface area contributed by atoms with Crippen molar-refractivity contribution in [3.8, 4) is 51.0 Å². The minimum Gasteiger partial charge on any atom is -0.456 e. The lowest BCUT2D eigenvalue weighted by Crippen LogP contribution is -2.00. The Morgan fingerprint density at radius 3 is 1.67 bits per heavy atom. The monoisotopic (exact) mass is 730 g/mol. The van der Waals surface area contributed by atoms with Crippen molar-refractivity contribution >= 4 is 65.7 Å². The number of furan rings is 2. The van der Waals surface area contributed by atoms with Crippen LogP contribution in [0.2, 0.25) is 0 Å². The van der Waals surface area contributed by atoms with Gasteiger partial charge in [0, 0.05) is 49.3 Å². The van der Waals surface area contributed by atoms with E-state index in [0.717, 1.165) is 88.4 Å². The summed E-state index contributed by atoms with van der Waals surface area (Å²) in [5.74, 6) is 1.72.